The molecule has 1 unspecified atom stereocenters. The molecule has 19 heavy (non-hydrogen) atoms. The minimum atomic E-state index is -0.695. The van der Waals surface area contributed by atoms with Gasteiger partial charge >= 0.3 is 0 Å². The monoisotopic (exact) mass is 269 g/mol. The van der Waals surface area contributed by atoms with Crippen LogP contribution in [0.5, 0.6) is 0 Å². The predicted molar refractivity (Wildman–Crippen MR) is 76.0 cm³/mol. The first kappa shape index (κ1) is 15.9. The van der Waals surface area contributed by atoms with Crippen molar-refractivity contribution in [3.8, 4) is 0 Å². The second-order valence-corrected chi connectivity index (χ2v) is 4.82. The first-order chi connectivity index (χ1) is 9.01. The van der Waals surface area contributed by atoms with Gasteiger partial charge in [-0.2, -0.15) is 0 Å². The Kier molecular flexibility index (Phi) is 6.25. The lowest BCUT2D eigenvalue weighted by atomic mass is 10.0. The molecule has 108 valence electrons. The maximum absolute atomic E-state index is 13.4. The number of nitrogens with zero attached hydrogens (tertiary/aromatic N) is 1. The van der Waals surface area contributed by atoms with E-state index in [1.165, 1.54) is 12.1 Å². The van der Waals surface area contributed by atoms with Crippen LogP contribution in [0.4, 0.5) is 10.1 Å². The van der Waals surface area contributed by atoms with Crippen LogP contribution < -0.4 is 4.90 Å². The quantitative estimate of drug-likeness (QED) is 0.825. The van der Waals surface area contributed by atoms with Crippen LogP contribution in [0.1, 0.15) is 38.9 Å². The van der Waals surface area contributed by atoms with E-state index in [2.05, 4.69) is 18.7 Å². The van der Waals surface area contributed by atoms with E-state index in [4.69, 9.17) is 4.74 Å². The average Bonchev–Trinajstić information content (AvgIpc) is 2.39. The number of anilines is 1. The van der Waals surface area contributed by atoms with Gasteiger partial charge in [-0.15, -0.1) is 0 Å². The Morgan fingerprint density at radius 1 is 1.37 bits per heavy atom. The molecule has 0 saturated heterocycles. The van der Waals surface area contributed by atoms with Gasteiger partial charge in [-0.3, -0.25) is 0 Å². The molecule has 4 heteroatoms. The molecule has 0 heterocycles. The second-order valence-electron chi connectivity index (χ2n) is 4.82. The smallest absolute Gasteiger partial charge is 0.123 e. The topological polar surface area (TPSA) is 32.7 Å². The lowest BCUT2D eigenvalue weighted by molar-refractivity contribution is 0.196. The van der Waals surface area contributed by atoms with E-state index in [-0.39, 0.29) is 5.82 Å². The van der Waals surface area contributed by atoms with Gasteiger partial charge in [0.15, 0.2) is 0 Å². The first-order valence-electron chi connectivity index (χ1n) is 6.74. The highest BCUT2D eigenvalue weighted by molar-refractivity contribution is 5.55. The third-order valence-electron chi connectivity index (χ3n) is 3.41. The minimum Gasteiger partial charge on any atom is -0.389 e. The number of halogens is 1. The molecule has 1 rings (SSSR count). The van der Waals surface area contributed by atoms with Crippen molar-refractivity contribution >= 4 is 5.69 Å². The first-order valence-corrected chi connectivity index (χ1v) is 6.74. The van der Waals surface area contributed by atoms with Crippen LogP contribution in [-0.2, 0) is 4.74 Å². The average molecular weight is 269 g/mol. The molecule has 0 radical (unpaired) electrons. The molecule has 2 atom stereocenters. The van der Waals surface area contributed by atoms with E-state index in [1.54, 1.807) is 20.1 Å². The lowest BCUT2D eigenvalue weighted by Crippen LogP contribution is -2.36. The number of methoxy groups -OCH3 is 1. The van der Waals surface area contributed by atoms with Crippen LogP contribution >= 0.6 is 0 Å². The molecule has 0 aromatic heterocycles. The number of aliphatic hydroxyl groups is 1. The number of ether oxygens (including phenoxy) is 1. The molecule has 0 spiro atoms. The molecule has 0 aliphatic rings. The number of benzene rings is 1. The molecule has 1 N–H and O–H groups in total. The normalized spacial score (nSPS) is 14.2. The van der Waals surface area contributed by atoms with E-state index in [1.807, 2.05) is 0 Å². The zero-order valence-corrected chi connectivity index (χ0v) is 12.2. The van der Waals surface area contributed by atoms with Crippen LogP contribution in [0, 0.1) is 5.82 Å². The van der Waals surface area contributed by atoms with Gasteiger partial charge in [0.05, 0.1) is 12.7 Å². The lowest BCUT2D eigenvalue weighted by Gasteiger charge is -2.33. The summed E-state index contributed by atoms with van der Waals surface area (Å²) in [5.41, 5.74) is 1.50. The van der Waals surface area contributed by atoms with Crippen molar-refractivity contribution in [3.63, 3.8) is 0 Å². The molecule has 0 bridgehead atoms. The number of aliphatic hydroxyl groups excluding tert-OH is 1. The van der Waals surface area contributed by atoms with Gasteiger partial charge in [-0.05, 0) is 38.5 Å². The fourth-order valence-corrected chi connectivity index (χ4v) is 2.11. The van der Waals surface area contributed by atoms with Crippen molar-refractivity contribution in [2.75, 3.05) is 25.2 Å². The molecule has 1 aromatic rings. The molecule has 0 amide bonds. The second kappa shape index (κ2) is 7.46. The van der Waals surface area contributed by atoms with Gasteiger partial charge in [-0.1, -0.05) is 6.92 Å². The van der Waals surface area contributed by atoms with Crippen molar-refractivity contribution < 1.29 is 14.2 Å². The van der Waals surface area contributed by atoms with E-state index in [0.29, 0.717) is 18.2 Å². The van der Waals surface area contributed by atoms with Gasteiger partial charge < -0.3 is 14.7 Å². The summed E-state index contributed by atoms with van der Waals surface area (Å²) in [5.74, 6) is -0.324. The van der Waals surface area contributed by atoms with Crippen molar-refractivity contribution in [2.24, 2.45) is 0 Å². The fraction of sp³-hybridized carbons (Fsp3) is 0.600. The summed E-state index contributed by atoms with van der Waals surface area (Å²) in [5, 5.41) is 9.83. The van der Waals surface area contributed by atoms with Gasteiger partial charge in [0.25, 0.3) is 0 Å². The summed E-state index contributed by atoms with van der Waals surface area (Å²) in [6.07, 6.45) is 0.278. The summed E-state index contributed by atoms with van der Waals surface area (Å²) in [4.78, 5) is 2.16. The van der Waals surface area contributed by atoms with E-state index in [0.717, 1.165) is 18.7 Å². The van der Waals surface area contributed by atoms with Gasteiger partial charge in [0.1, 0.15) is 5.82 Å². The number of rotatable bonds is 7. The molecular formula is C15H24FNO2. The molecule has 0 saturated carbocycles. The minimum absolute atomic E-state index is 0.304. The molecule has 0 aliphatic heterocycles. The summed E-state index contributed by atoms with van der Waals surface area (Å²) >= 11 is 0. The largest absolute Gasteiger partial charge is 0.389 e. The highest BCUT2D eigenvalue weighted by Crippen LogP contribution is 2.29. The van der Waals surface area contributed by atoms with Crippen molar-refractivity contribution in [3.05, 3.63) is 29.6 Å². The number of hydrogen-bond acceptors (Lipinski definition) is 3. The Morgan fingerprint density at radius 3 is 2.58 bits per heavy atom. The molecule has 0 fully saturated rings. The van der Waals surface area contributed by atoms with Crippen molar-refractivity contribution in [1.29, 1.82) is 0 Å². The Balaban J connectivity index is 3.13. The third kappa shape index (κ3) is 4.18. The summed E-state index contributed by atoms with van der Waals surface area (Å²) in [6, 6.07) is 4.88. The van der Waals surface area contributed by atoms with Gasteiger partial charge in [0.2, 0.25) is 0 Å². The Bertz CT molecular complexity index is 396. The Labute approximate surface area is 115 Å². The SMILES string of the molecule is CCC(C)N(CCOC)c1ccc(F)cc1[C@@H](C)O. The Morgan fingerprint density at radius 2 is 2.05 bits per heavy atom. The van der Waals surface area contributed by atoms with E-state index < -0.39 is 6.10 Å². The maximum Gasteiger partial charge on any atom is 0.123 e. The third-order valence-corrected chi connectivity index (χ3v) is 3.41. The zero-order chi connectivity index (χ0) is 14.4. The summed E-state index contributed by atoms with van der Waals surface area (Å²) in [6.45, 7) is 7.20. The predicted octanol–water partition coefficient (Wildman–Crippen LogP) is 3.13. The van der Waals surface area contributed by atoms with E-state index >= 15 is 0 Å². The highest BCUT2D eigenvalue weighted by atomic mass is 19.1. The summed E-state index contributed by atoms with van der Waals surface area (Å²) < 4.78 is 18.5. The highest BCUT2D eigenvalue weighted by Gasteiger charge is 2.18. The Hall–Kier alpha value is -1.13. The van der Waals surface area contributed by atoms with Crippen LogP contribution in [0.2, 0.25) is 0 Å². The van der Waals surface area contributed by atoms with E-state index in [9.17, 15) is 9.50 Å². The van der Waals surface area contributed by atoms with Gasteiger partial charge in [-0.25, -0.2) is 4.39 Å². The fourth-order valence-electron chi connectivity index (χ4n) is 2.11. The zero-order valence-electron chi connectivity index (χ0n) is 12.2. The maximum atomic E-state index is 13.4. The van der Waals surface area contributed by atoms with Crippen molar-refractivity contribution in [2.45, 2.75) is 39.3 Å². The number of hydrogen-bond donors (Lipinski definition) is 1. The van der Waals surface area contributed by atoms with Crippen LogP contribution in [-0.4, -0.2) is 31.4 Å². The van der Waals surface area contributed by atoms with Gasteiger partial charge in [0, 0.05) is 30.9 Å². The van der Waals surface area contributed by atoms with Crippen LogP contribution in [0.3, 0.4) is 0 Å². The summed E-state index contributed by atoms with van der Waals surface area (Å²) in [7, 11) is 1.66. The van der Waals surface area contributed by atoms with Crippen LogP contribution in [0.25, 0.3) is 0 Å². The van der Waals surface area contributed by atoms with Crippen molar-refractivity contribution in [1.82, 2.24) is 0 Å². The molecular weight excluding hydrogens is 245 g/mol. The standard InChI is InChI=1S/C15H24FNO2/c1-5-11(2)17(8-9-19-4)15-7-6-13(16)10-14(15)12(3)18/h6-7,10-12,18H,5,8-9H2,1-4H3/t11?,12-/m1/s1. The molecule has 3 nitrogen and oxygen atoms in total. The molecule has 1 aromatic carbocycles. The van der Waals surface area contributed by atoms with Crippen LogP contribution in [0.15, 0.2) is 18.2 Å². The molecule has 0 aliphatic carbocycles.